The molecule has 1 amide bonds. The van der Waals surface area contributed by atoms with E-state index in [1.807, 2.05) is 0 Å². The van der Waals surface area contributed by atoms with Crippen molar-refractivity contribution < 1.29 is 9.18 Å². The summed E-state index contributed by atoms with van der Waals surface area (Å²) < 4.78 is 13.1. The maximum atomic E-state index is 13.1. The maximum absolute atomic E-state index is 13.1. The van der Waals surface area contributed by atoms with E-state index < -0.39 is 11.7 Å². The second-order valence-corrected chi connectivity index (χ2v) is 4.91. The van der Waals surface area contributed by atoms with Crippen LogP contribution < -0.4 is 11.1 Å². The Balaban J connectivity index is 2.35. The number of aromatic nitrogens is 1. The number of pyridine rings is 1. The Morgan fingerprint density at radius 2 is 1.90 bits per heavy atom. The van der Waals surface area contributed by atoms with Crippen LogP contribution in [0.4, 0.5) is 15.8 Å². The Hall–Kier alpha value is -1.85. The van der Waals surface area contributed by atoms with Crippen molar-refractivity contribution in [2.75, 3.05) is 11.1 Å². The second-order valence-electron chi connectivity index (χ2n) is 4.10. The number of hydrogen-bond acceptors (Lipinski definition) is 3. The molecule has 0 saturated heterocycles. The van der Waals surface area contributed by atoms with Crippen molar-refractivity contribution in [3.63, 3.8) is 0 Å². The van der Waals surface area contributed by atoms with Gasteiger partial charge in [-0.05, 0) is 25.1 Å². The van der Waals surface area contributed by atoms with Crippen LogP contribution in [0.1, 0.15) is 16.1 Å². The topological polar surface area (TPSA) is 68.0 Å². The van der Waals surface area contributed by atoms with Gasteiger partial charge in [0.1, 0.15) is 5.82 Å². The van der Waals surface area contributed by atoms with Crippen LogP contribution in [-0.2, 0) is 0 Å². The first-order chi connectivity index (χ1) is 9.38. The number of carbonyl (C=O) groups is 1. The minimum atomic E-state index is -0.584. The minimum Gasteiger partial charge on any atom is -0.397 e. The molecule has 1 aromatic heterocycles. The number of anilines is 2. The van der Waals surface area contributed by atoms with Gasteiger partial charge in [0.25, 0.3) is 5.91 Å². The van der Waals surface area contributed by atoms with Gasteiger partial charge in [-0.3, -0.25) is 9.78 Å². The predicted octanol–water partition coefficient (Wildman–Crippen LogP) is 3.67. The SMILES string of the molecule is Cc1ncc(N)cc1C(=O)Nc1c(Cl)cc(F)cc1Cl. The quantitative estimate of drug-likeness (QED) is 0.888. The molecular weight excluding hydrogens is 304 g/mol. The number of nitrogen functional groups attached to an aromatic ring is 1. The highest BCUT2D eigenvalue weighted by Gasteiger charge is 2.15. The molecule has 0 aliphatic heterocycles. The van der Waals surface area contributed by atoms with Crippen LogP contribution in [0, 0.1) is 12.7 Å². The molecule has 0 spiro atoms. The van der Waals surface area contributed by atoms with E-state index in [1.54, 1.807) is 6.92 Å². The van der Waals surface area contributed by atoms with E-state index in [1.165, 1.54) is 12.3 Å². The molecule has 104 valence electrons. The van der Waals surface area contributed by atoms with Crippen molar-refractivity contribution in [1.29, 1.82) is 0 Å². The molecule has 7 heteroatoms. The average Bonchev–Trinajstić information content (AvgIpc) is 2.36. The monoisotopic (exact) mass is 313 g/mol. The summed E-state index contributed by atoms with van der Waals surface area (Å²) in [6.45, 7) is 1.67. The van der Waals surface area contributed by atoms with Crippen LogP contribution in [0.2, 0.25) is 10.0 Å². The van der Waals surface area contributed by atoms with Crippen molar-refractivity contribution >= 4 is 40.5 Å². The number of rotatable bonds is 2. The maximum Gasteiger partial charge on any atom is 0.257 e. The lowest BCUT2D eigenvalue weighted by Crippen LogP contribution is -2.15. The highest BCUT2D eigenvalue weighted by Crippen LogP contribution is 2.31. The highest BCUT2D eigenvalue weighted by atomic mass is 35.5. The fraction of sp³-hybridized carbons (Fsp3) is 0.0769. The minimum absolute atomic E-state index is 0.0119. The second kappa shape index (κ2) is 5.64. The number of amides is 1. The van der Waals surface area contributed by atoms with E-state index in [2.05, 4.69) is 10.3 Å². The fourth-order valence-electron chi connectivity index (χ4n) is 1.62. The van der Waals surface area contributed by atoms with Crippen molar-refractivity contribution in [1.82, 2.24) is 4.98 Å². The van der Waals surface area contributed by atoms with Crippen molar-refractivity contribution in [3.05, 3.63) is 51.5 Å². The average molecular weight is 314 g/mol. The zero-order valence-corrected chi connectivity index (χ0v) is 11.9. The number of aryl methyl sites for hydroxylation is 1. The van der Waals surface area contributed by atoms with Gasteiger partial charge < -0.3 is 11.1 Å². The first-order valence-electron chi connectivity index (χ1n) is 5.56. The van der Waals surface area contributed by atoms with Crippen LogP contribution in [0.3, 0.4) is 0 Å². The third kappa shape index (κ3) is 3.00. The van der Waals surface area contributed by atoms with E-state index in [4.69, 9.17) is 28.9 Å². The predicted molar refractivity (Wildman–Crippen MR) is 77.8 cm³/mol. The number of hydrogen-bond donors (Lipinski definition) is 2. The van der Waals surface area contributed by atoms with Gasteiger partial charge in [-0.25, -0.2) is 4.39 Å². The summed E-state index contributed by atoms with van der Waals surface area (Å²) in [7, 11) is 0. The Morgan fingerprint density at radius 3 is 2.50 bits per heavy atom. The van der Waals surface area contributed by atoms with Crippen molar-refractivity contribution in [3.8, 4) is 0 Å². The van der Waals surface area contributed by atoms with E-state index in [-0.39, 0.29) is 15.7 Å². The normalized spacial score (nSPS) is 10.4. The van der Waals surface area contributed by atoms with Gasteiger partial charge in [-0.15, -0.1) is 0 Å². The summed E-state index contributed by atoms with van der Waals surface area (Å²) in [5, 5.41) is 2.55. The number of benzene rings is 1. The van der Waals surface area contributed by atoms with Crippen LogP contribution in [0.25, 0.3) is 0 Å². The van der Waals surface area contributed by atoms with Gasteiger partial charge in [0.2, 0.25) is 0 Å². The molecule has 0 unspecified atom stereocenters. The van der Waals surface area contributed by atoms with E-state index in [0.29, 0.717) is 16.9 Å². The summed E-state index contributed by atoms with van der Waals surface area (Å²) in [6.07, 6.45) is 1.45. The van der Waals surface area contributed by atoms with Crippen LogP contribution >= 0.6 is 23.2 Å². The Morgan fingerprint density at radius 1 is 1.30 bits per heavy atom. The van der Waals surface area contributed by atoms with E-state index >= 15 is 0 Å². The molecule has 4 nitrogen and oxygen atoms in total. The molecule has 20 heavy (non-hydrogen) atoms. The zero-order chi connectivity index (χ0) is 14.9. The summed E-state index contributed by atoms with van der Waals surface area (Å²) in [5.74, 6) is -1.06. The van der Waals surface area contributed by atoms with Crippen LogP contribution in [-0.4, -0.2) is 10.9 Å². The molecule has 0 bridgehead atoms. The first kappa shape index (κ1) is 14.6. The smallest absolute Gasteiger partial charge is 0.257 e. The summed E-state index contributed by atoms with van der Waals surface area (Å²) in [6, 6.07) is 3.62. The molecule has 0 aliphatic rings. The van der Waals surface area contributed by atoms with Crippen LogP contribution in [0.5, 0.6) is 0 Å². The highest BCUT2D eigenvalue weighted by molar-refractivity contribution is 6.40. The van der Waals surface area contributed by atoms with Crippen molar-refractivity contribution in [2.45, 2.75) is 6.92 Å². The van der Waals surface area contributed by atoms with Gasteiger partial charge >= 0.3 is 0 Å². The summed E-state index contributed by atoms with van der Waals surface area (Å²) in [4.78, 5) is 16.1. The fourth-order valence-corrected chi connectivity index (χ4v) is 2.18. The molecular formula is C13H10Cl2FN3O. The molecule has 0 radical (unpaired) electrons. The molecule has 0 aliphatic carbocycles. The summed E-state index contributed by atoms with van der Waals surface area (Å²) >= 11 is 11.7. The van der Waals surface area contributed by atoms with Gasteiger partial charge in [-0.1, -0.05) is 23.2 Å². The molecule has 1 heterocycles. The Bertz CT molecular complexity index is 668. The molecule has 3 N–H and O–H groups in total. The molecule has 0 saturated carbocycles. The number of nitrogens with zero attached hydrogens (tertiary/aromatic N) is 1. The van der Waals surface area contributed by atoms with Gasteiger partial charge in [-0.2, -0.15) is 0 Å². The lowest BCUT2D eigenvalue weighted by molar-refractivity contribution is 0.102. The number of halogens is 3. The van der Waals surface area contributed by atoms with E-state index in [9.17, 15) is 9.18 Å². The molecule has 0 fully saturated rings. The number of carbonyl (C=O) groups excluding carboxylic acids is 1. The van der Waals surface area contributed by atoms with Gasteiger partial charge in [0.05, 0.1) is 38.9 Å². The molecule has 2 rings (SSSR count). The lowest BCUT2D eigenvalue weighted by Gasteiger charge is -2.11. The third-order valence-electron chi connectivity index (χ3n) is 2.60. The molecule has 1 aromatic carbocycles. The Labute approximate surface area is 124 Å². The first-order valence-corrected chi connectivity index (χ1v) is 6.32. The van der Waals surface area contributed by atoms with Crippen LogP contribution in [0.15, 0.2) is 24.4 Å². The van der Waals surface area contributed by atoms with E-state index in [0.717, 1.165) is 12.1 Å². The molecule has 2 aromatic rings. The standard InChI is InChI=1S/C13H10Cl2FN3O/c1-6-9(4-8(17)5-18-6)13(20)19-12-10(14)2-7(16)3-11(12)15/h2-5H,17H2,1H3,(H,19,20). The molecule has 0 atom stereocenters. The number of nitrogens with two attached hydrogens (primary N) is 1. The lowest BCUT2D eigenvalue weighted by atomic mass is 10.1. The summed E-state index contributed by atoms with van der Waals surface area (Å²) in [5.41, 5.74) is 6.89. The van der Waals surface area contributed by atoms with Crippen molar-refractivity contribution in [2.24, 2.45) is 0 Å². The number of nitrogens with one attached hydrogen (secondary N) is 1. The van der Waals surface area contributed by atoms with Gasteiger partial charge in [0, 0.05) is 0 Å². The van der Waals surface area contributed by atoms with Gasteiger partial charge in [0.15, 0.2) is 0 Å². The largest absolute Gasteiger partial charge is 0.397 e. The zero-order valence-electron chi connectivity index (χ0n) is 10.4. The Kier molecular flexibility index (Phi) is 4.11. The third-order valence-corrected chi connectivity index (χ3v) is 3.19.